The molecule has 0 atom stereocenters. The van der Waals surface area contributed by atoms with Crippen LogP contribution in [0.1, 0.15) is 36.9 Å². The SMILES string of the molecule is Cc1cc(Nc2nc(Sc3ccc(NC(=O)C4CCCC4)cc3)nc(N3CCNCC3)c2C)n[nH]1. The Bertz CT molecular complexity index is 1170. The number of hydrogen-bond donors (Lipinski definition) is 4. The first-order valence-electron chi connectivity index (χ1n) is 12.3. The molecule has 1 aromatic carbocycles. The molecule has 0 radical (unpaired) electrons. The standard InChI is InChI=1S/C25H32N8OS/c1-16-15-21(32-31-16)28-22-17(2)23(33-13-11-26-12-14-33)30-25(29-22)35-20-9-7-19(8-10-20)27-24(34)18-5-3-4-6-18/h7-10,15,18,26H,3-6,11-14H2,1-2H3,(H,27,34)(H2,28,29,30,31,32). The number of nitrogens with zero attached hydrogens (tertiary/aromatic N) is 4. The smallest absolute Gasteiger partial charge is 0.227 e. The Kier molecular flexibility index (Phi) is 7.19. The molecule has 9 nitrogen and oxygen atoms in total. The predicted octanol–water partition coefficient (Wildman–Crippen LogP) is 4.25. The molecule has 5 rings (SSSR count). The molecular weight excluding hydrogens is 460 g/mol. The first-order chi connectivity index (χ1) is 17.0. The number of carbonyl (C=O) groups is 1. The first kappa shape index (κ1) is 23.6. The highest BCUT2D eigenvalue weighted by atomic mass is 32.2. The Balaban J connectivity index is 1.35. The van der Waals surface area contributed by atoms with Crippen molar-refractivity contribution in [2.24, 2.45) is 5.92 Å². The van der Waals surface area contributed by atoms with Crippen molar-refractivity contribution in [1.82, 2.24) is 25.5 Å². The van der Waals surface area contributed by atoms with E-state index in [4.69, 9.17) is 9.97 Å². The lowest BCUT2D eigenvalue weighted by atomic mass is 10.1. The lowest BCUT2D eigenvalue weighted by molar-refractivity contribution is -0.119. The highest BCUT2D eigenvalue weighted by Gasteiger charge is 2.23. The summed E-state index contributed by atoms with van der Waals surface area (Å²) < 4.78 is 0. The van der Waals surface area contributed by atoms with Crippen molar-refractivity contribution in [2.45, 2.75) is 49.6 Å². The Morgan fingerprint density at radius 1 is 1.09 bits per heavy atom. The molecule has 3 heterocycles. The number of hydrogen-bond acceptors (Lipinski definition) is 8. The predicted molar refractivity (Wildman–Crippen MR) is 140 cm³/mol. The van der Waals surface area contributed by atoms with Gasteiger partial charge in [0, 0.05) is 60.0 Å². The second-order valence-corrected chi connectivity index (χ2v) is 10.2. The number of nitrogens with one attached hydrogen (secondary N) is 4. The van der Waals surface area contributed by atoms with E-state index >= 15 is 0 Å². The van der Waals surface area contributed by atoms with Crippen LogP contribution in [-0.4, -0.2) is 52.3 Å². The molecule has 0 bridgehead atoms. The number of aromatic amines is 1. The Morgan fingerprint density at radius 2 is 1.83 bits per heavy atom. The van der Waals surface area contributed by atoms with Crippen molar-refractivity contribution in [3.8, 4) is 0 Å². The minimum atomic E-state index is 0.134. The van der Waals surface area contributed by atoms with Gasteiger partial charge in [-0.1, -0.05) is 12.8 Å². The molecule has 1 saturated carbocycles. The van der Waals surface area contributed by atoms with Gasteiger partial charge in [-0.25, -0.2) is 9.97 Å². The van der Waals surface area contributed by atoms with E-state index in [1.54, 1.807) is 0 Å². The summed E-state index contributed by atoms with van der Waals surface area (Å²) in [6.45, 7) is 7.69. The maximum atomic E-state index is 12.4. The van der Waals surface area contributed by atoms with Crippen LogP contribution in [0.4, 0.5) is 23.1 Å². The minimum Gasteiger partial charge on any atom is -0.354 e. The average Bonchev–Trinajstić information content (AvgIpc) is 3.55. The van der Waals surface area contributed by atoms with E-state index < -0.39 is 0 Å². The maximum Gasteiger partial charge on any atom is 0.227 e. The molecule has 35 heavy (non-hydrogen) atoms. The Morgan fingerprint density at radius 3 is 2.51 bits per heavy atom. The summed E-state index contributed by atoms with van der Waals surface area (Å²) in [5.74, 6) is 2.71. The van der Waals surface area contributed by atoms with Gasteiger partial charge in [0.15, 0.2) is 11.0 Å². The third kappa shape index (κ3) is 5.76. The van der Waals surface area contributed by atoms with Crippen molar-refractivity contribution in [2.75, 3.05) is 41.7 Å². The Labute approximate surface area is 209 Å². The van der Waals surface area contributed by atoms with Gasteiger partial charge in [-0.2, -0.15) is 5.10 Å². The third-order valence-corrected chi connectivity index (χ3v) is 7.40. The normalized spacial score (nSPS) is 16.5. The maximum absolute atomic E-state index is 12.4. The van der Waals surface area contributed by atoms with Crippen LogP contribution in [0.5, 0.6) is 0 Å². The van der Waals surface area contributed by atoms with E-state index in [0.29, 0.717) is 5.16 Å². The van der Waals surface area contributed by atoms with E-state index in [9.17, 15) is 4.79 Å². The molecule has 3 aromatic rings. The molecular formula is C25H32N8OS. The van der Waals surface area contributed by atoms with Crippen LogP contribution in [0.15, 0.2) is 40.4 Å². The molecule has 10 heteroatoms. The van der Waals surface area contributed by atoms with E-state index in [1.165, 1.54) is 11.8 Å². The van der Waals surface area contributed by atoms with Gasteiger partial charge in [0.25, 0.3) is 0 Å². The van der Waals surface area contributed by atoms with Crippen LogP contribution in [0.3, 0.4) is 0 Å². The average molecular weight is 493 g/mol. The van der Waals surface area contributed by atoms with Crippen molar-refractivity contribution >= 4 is 40.8 Å². The van der Waals surface area contributed by atoms with Gasteiger partial charge in [0.2, 0.25) is 5.91 Å². The fourth-order valence-electron chi connectivity index (χ4n) is 4.58. The zero-order valence-electron chi connectivity index (χ0n) is 20.2. The summed E-state index contributed by atoms with van der Waals surface area (Å²) in [6.07, 6.45) is 4.29. The van der Waals surface area contributed by atoms with Gasteiger partial charge in [-0.15, -0.1) is 0 Å². The van der Waals surface area contributed by atoms with Crippen molar-refractivity contribution in [3.63, 3.8) is 0 Å². The van der Waals surface area contributed by atoms with Gasteiger partial charge in [-0.3, -0.25) is 9.89 Å². The minimum absolute atomic E-state index is 0.134. The quantitative estimate of drug-likeness (QED) is 0.362. The number of rotatable bonds is 7. The lowest BCUT2D eigenvalue weighted by Crippen LogP contribution is -2.44. The van der Waals surface area contributed by atoms with Crippen LogP contribution in [0.25, 0.3) is 0 Å². The lowest BCUT2D eigenvalue weighted by Gasteiger charge is -2.30. The molecule has 2 aromatic heterocycles. The summed E-state index contributed by atoms with van der Waals surface area (Å²) >= 11 is 1.51. The number of anilines is 4. The molecule has 2 aliphatic rings. The van der Waals surface area contributed by atoms with Gasteiger partial charge < -0.3 is 20.9 Å². The van der Waals surface area contributed by atoms with Crippen LogP contribution in [-0.2, 0) is 4.79 Å². The molecule has 0 unspecified atom stereocenters. The zero-order chi connectivity index (χ0) is 24.2. The van der Waals surface area contributed by atoms with Crippen molar-refractivity contribution < 1.29 is 4.79 Å². The number of amides is 1. The molecule has 2 fully saturated rings. The molecule has 1 aliphatic heterocycles. The van der Waals surface area contributed by atoms with Gasteiger partial charge in [-0.05, 0) is 62.7 Å². The highest BCUT2D eigenvalue weighted by molar-refractivity contribution is 7.99. The van der Waals surface area contributed by atoms with Crippen LogP contribution >= 0.6 is 11.8 Å². The van der Waals surface area contributed by atoms with E-state index in [2.05, 4.69) is 38.0 Å². The van der Waals surface area contributed by atoms with Crippen LogP contribution in [0, 0.1) is 19.8 Å². The third-order valence-electron chi connectivity index (χ3n) is 6.53. The molecule has 1 amide bonds. The molecule has 0 spiro atoms. The van der Waals surface area contributed by atoms with Gasteiger partial charge in [0.1, 0.15) is 11.6 Å². The van der Waals surface area contributed by atoms with Crippen molar-refractivity contribution in [3.05, 3.63) is 41.6 Å². The molecule has 1 saturated heterocycles. The number of aromatic nitrogens is 4. The number of carbonyl (C=O) groups excluding carboxylic acids is 1. The fraction of sp³-hybridized carbons (Fsp3) is 0.440. The zero-order valence-corrected chi connectivity index (χ0v) is 21.0. The number of benzene rings is 1. The van der Waals surface area contributed by atoms with Gasteiger partial charge in [0.05, 0.1) is 0 Å². The highest BCUT2D eigenvalue weighted by Crippen LogP contribution is 2.33. The summed E-state index contributed by atoms with van der Waals surface area (Å²) in [6, 6.07) is 9.87. The molecule has 184 valence electrons. The molecule has 4 N–H and O–H groups in total. The number of aryl methyl sites for hydroxylation is 1. The second-order valence-electron chi connectivity index (χ2n) is 9.20. The van der Waals surface area contributed by atoms with Crippen LogP contribution in [0.2, 0.25) is 0 Å². The van der Waals surface area contributed by atoms with Crippen LogP contribution < -0.4 is 20.9 Å². The summed E-state index contributed by atoms with van der Waals surface area (Å²) in [4.78, 5) is 25.5. The Hall–Kier alpha value is -3.11. The fourth-order valence-corrected chi connectivity index (χ4v) is 5.34. The van der Waals surface area contributed by atoms with Crippen molar-refractivity contribution in [1.29, 1.82) is 0 Å². The topological polar surface area (TPSA) is 111 Å². The first-order valence-corrected chi connectivity index (χ1v) is 13.1. The number of H-pyrrole nitrogens is 1. The second kappa shape index (κ2) is 10.7. The summed E-state index contributed by atoms with van der Waals surface area (Å²) in [5.41, 5.74) is 2.81. The number of piperazine rings is 1. The molecule has 1 aliphatic carbocycles. The monoisotopic (exact) mass is 492 g/mol. The largest absolute Gasteiger partial charge is 0.354 e. The summed E-state index contributed by atoms with van der Waals surface area (Å²) in [5, 5.41) is 17.8. The van der Waals surface area contributed by atoms with E-state index in [1.807, 2.05) is 37.3 Å². The van der Waals surface area contributed by atoms with E-state index in [-0.39, 0.29) is 11.8 Å². The summed E-state index contributed by atoms with van der Waals surface area (Å²) in [7, 11) is 0. The van der Waals surface area contributed by atoms with Gasteiger partial charge >= 0.3 is 0 Å². The van der Waals surface area contributed by atoms with E-state index in [0.717, 1.165) is 91.2 Å².